The minimum absolute atomic E-state index is 0.0251. The molecule has 0 saturated carbocycles. The number of ether oxygens (including phenoxy) is 1. The quantitative estimate of drug-likeness (QED) is 0.619. The monoisotopic (exact) mass is 264 g/mol. The van der Waals surface area contributed by atoms with Gasteiger partial charge in [0.2, 0.25) is 5.91 Å². The van der Waals surface area contributed by atoms with Crippen molar-refractivity contribution < 1.29 is 19.1 Å². The standard InChI is InChI=1S/C13H16N2O4/c1-9-4-3-5-10(8-9)13(18)15-14-11(16)6-7-12(17)19-2/h3-5,8H,6-7H2,1-2H3,(H,14,16)(H,15,18). The molecule has 1 aromatic rings. The highest BCUT2D eigenvalue weighted by Crippen LogP contribution is 2.03. The van der Waals surface area contributed by atoms with Crippen LogP contribution in [0.2, 0.25) is 0 Å². The Morgan fingerprint density at radius 2 is 1.89 bits per heavy atom. The van der Waals surface area contributed by atoms with Gasteiger partial charge in [-0.15, -0.1) is 0 Å². The summed E-state index contributed by atoms with van der Waals surface area (Å²) >= 11 is 0. The Bertz CT molecular complexity index is 485. The van der Waals surface area contributed by atoms with E-state index in [0.29, 0.717) is 5.56 Å². The number of carbonyl (C=O) groups is 3. The lowest BCUT2D eigenvalue weighted by Crippen LogP contribution is -2.41. The molecular weight excluding hydrogens is 248 g/mol. The van der Waals surface area contributed by atoms with Crippen LogP contribution >= 0.6 is 0 Å². The van der Waals surface area contributed by atoms with Crippen molar-refractivity contribution in [3.8, 4) is 0 Å². The molecule has 0 aliphatic carbocycles. The first-order valence-corrected chi connectivity index (χ1v) is 5.75. The number of hydrazine groups is 1. The Hall–Kier alpha value is -2.37. The van der Waals surface area contributed by atoms with E-state index < -0.39 is 17.8 Å². The minimum Gasteiger partial charge on any atom is -0.469 e. The lowest BCUT2D eigenvalue weighted by Gasteiger charge is -2.07. The molecular formula is C13H16N2O4. The van der Waals surface area contributed by atoms with E-state index in [1.54, 1.807) is 18.2 Å². The molecule has 102 valence electrons. The van der Waals surface area contributed by atoms with Gasteiger partial charge in [0.05, 0.1) is 13.5 Å². The predicted octanol–water partition coefficient (Wildman–Crippen LogP) is 0.709. The summed E-state index contributed by atoms with van der Waals surface area (Å²) in [6, 6.07) is 6.97. The van der Waals surface area contributed by atoms with Crippen molar-refractivity contribution in [2.75, 3.05) is 7.11 Å². The van der Waals surface area contributed by atoms with E-state index in [9.17, 15) is 14.4 Å². The maximum atomic E-state index is 11.7. The van der Waals surface area contributed by atoms with Gasteiger partial charge in [0.1, 0.15) is 0 Å². The zero-order valence-electron chi connectivity index (χ0n) is 10.9. The van der Waals surface area contributed by atoms with Crippen molar-refractivity contribution >= 4 is 17.8 Å². The van der Waals surface area contributed by atoms with Gasteiger partial charge >= 0.3 is 5.97 Å². The van der Waals surface area contributed by atoms with Crippen LogP contribution in [0, 0.1) is 6.92 Å². The van der Waals surface area contributed by atoms with Gasteiger partial charge in [-0.25, -0.2) is 0 Å². The molecule has 1 aromatic carbocycles. The van der Waals surface area contributed by atoms with Crippen LogP contribution in [0.4, 0.5) is 0 Å². The second kappa shape index (κ2) is 7.15. The summed E-state index contributed by atoms with van der Waals surface area (Å²) in [4.78, 5) is 33.8. The van der Waals surface area contributed by atoms with Gasteiger partial charge in [-0.05, 0) is 19.1 Å². The Kier molecular flexibility index (Phi) is 5.53. The number of hydrogen-bond acceptors (Lipinski definition) is 4. The Balaban J connectivity index is 2.38. The van der Waals surface area contributed by atoms with Gasteiger partial charge in [0.15, 0.2) is 0 Å². The highest BCUT2D eigenvalue weighted by atomic mass is 16.5. The van der Waals surface area contributed by atoms with E-state index in [2.05, 4.69) is 15.6 Å². The van der Waals surface area contributed by atoms with Crippen LogP contribution in [-0.2, 0) is 14.3 Å². The van der Waals surface area contributed by atoms with Crippen molar-refractivity contribution in [3.63, 3.8) is 0 Å². The summed E-state index contributed by atoms with van der Waals surface area (Å²) in [5.74, 6) is -1.33. The van der Waals surface area contributed by atoms with Crippen molar-refractivity contribution in [1.82, 2.24) is 10.9 Å². The number of aryl methyl sites for hydroxylation is 1. The summed E-state index contributed by atoms with van der Waals surface area (Å²) in [5.41, 5.74) is 5.91. The van der Waals surface area contributed by atoms with Gasteiger partial charge in [-0.1, -0.05) is 17.7 Å². The minimum atomic E-state index is -0.472. The smallest absolute Gasteiger partial charge is 0.306 e. The van der Waals surface area contributed by atoms with Gasteiger partial charge < -0.3 is 4.74 Å². The average molecular weight is 264 g/mol. The van der Waals surface area contributed by atoms with Gasteiger partial charge in [0.25, 0.3) is 5.91 Å². The van der Waals surface area contributed by atoms with Crippen LogP contribution < -0.4 is 10.9 Å². The van der Waals surface area contributed by atoms with Crippen LogP contribution in [0.25, 0.3) is 0 Å². The topological polar surface area (TPSA) is 84.5 Å². The predicted molar refractivity (Wildman–Crippen MR) is 68.0 cm³/mol. The second-order valence-electron chi connectivity index (χ2n) is 3.95. The first kappa shape index (κ1) is 14.7. The molecule has 0 aliphatic heterocycles. The largest absolute Gasteiger partial charge is 0.469 e. The van der Waals surface area contributed by atoms with Crippen molar-refractivity contribution in [2.45, 2.75) is 19.8 Å². The molecule has 0 bridgehead atoms. The SMILES string of the molecule is COC(=O)CCC(=O)NNC(=O)c1cccc(C)c1. The fraction of sp³-hybridized carbons (Fsp3) is 0.308. The zero-order valence-corrected chi connectivity index (χ0v) is 10.9. The highest BCUT2D eigenvalue weighted by molar-refractivity contribution is 5.95. The number of methoxy groups -OCH3 is 1. The van der Waals surface area contributed by atoms with E-state index in [4.69, 9.17) is 0 Å². The Morgan fingerprint density at radius 1 is 1.16 bits per heavy atom. The number of hydrogen-bond donors (Lipinski definition) is 2. The van der Waals surface area contributed by atoms with Crippen molar-refractivity contribution in [3.05, 3.63) is 35.4 Å². The lowest BCUT2D eigenvalue weighted by molar-refractivity contribution is -0.142. The molecule has 0 aromatic heterocycles. The highest BCUT2D eigenvalue weighted by Gasteiger charge is 2.09. The average Bonchev–Trinajstić information content (AvgIpc) is 2.41. The molecule has 1 rings (SSSR count). The number of rotatable bonds is 4. The fourth-order valence-corrected chi connectivity index (χ4v) is 1.37. The van der Waals surface area contributed by atoms with Gasteiger partial charge in [-0.2, -0.15) is 0 Å². The molecule has 0 saturated heterocycles. The summed E-state index contributed by atoms with van der Waals surface area (Å²) in [6.07, 6.45) is -0.0661. The van der Waals surface area contributed by atoms with Gasteiger partial charge in [0, 0.05) is 12.0 Å². The molecule has 0 spiro atoms. The molecule has 2 amide bonds. The molecule has 0 unspecified atom stereocenters. The lowest BCUT2D eigenvalue weighted by atomic mass is 10.1. The number of nitrogens with one attached hydrogen (secondary N) is 2. The molecule has 2 N–H and O–H groups in total. The summed E-state index contributed by atoms with van der Waals surface area (Å²) < 4.78 is 4.40. The third kappa shape index (κ3) is 5.20. The van der Waals surface area contributed by atoms with Crippen LogP contribution in [0.5, 0.6) is 0 Å². The van der Waals surface area contributed by atoms with Crippen molar-refractivity contribution in [1.29, 1.82) is 0 Å². The number of benzene rings is 1. The van der Waals surface area contributed by atoms with Crippen LogP contribution in [0.1, 0.15) is 28.8 Å². The number of amides is 2. The summed E-state index contributed by atoms with van der Waals surface area (Å²) in [7, 11) is 1.25. The van der Waals surface area contributed by atoms with Crippen LogP contribution in [-0.4, -0.2) is 24.9 Å². The summed E-state index contributed by atoms with van der Waals surface area (Å²) in [5, 5.41) is 0. The number of carbonyl (C=O) groups excluding carboxylic acids is 3. The zero-order chi connectivity index (χ0) is 14.3. The van der Waals surface area contributed by atoms with Crippen LogP contribution in [0.3, 0.4) is 0 Å². The van der Waals surface area contributed by atoms with E-state index in [-0.39, 0.29) is 12.8 Å². The van der Waals surface area contributed by atoms with Crippen LogP contribution in [0.15, 0.2) is 24.3 Å². The maximum Gasteiger partial charge on any atom is 0.306 e. The molecule has 6 nitrogen and oxygen atoms in total. The fourth-order valence-electron chi connectivity index (χ4n) is 1.37. The third-order valence-electron chi connectivity index (χ3n) is 2.38. The second-order valence-corrected chi connectivity index (χ2v) is 3.95. The number of esters is 1. The Morgan fingerprint density at radius 3 is 2.53 bits per heavy atom. The molecule has 19 heavy (non-hydrogen) atoms. The molecule has 0 heterocycles. The molecule has 0 atom stereocenters. The summed E-state index contributed by atoms with van der Waals surface area (Å²) in [6.45, 7) is 1.87. The molecule has 6 heteroatoms. The van der Waals surface area contributed by atoms with E-state index in [1.165, 1.54) is 7.11 Å². The van der Waals surface area contributed by atoms with Gasteiger partial charge in [-0.3, -0.25) is 25.2 Å². The first-order valence-electron chi connectivity index (χ1n) is 5.75. The Labute approximate surface area is 111 Å². The van der Waals surface area contributed by atoms with E-state index >= 15 is 0 Å². The molecule has 0 radical (unpaired) electrons. The third-order valence-corrected chi connectivity index (χ3v) is 2.38. The van der Waals surface area contributed by atoms with E-state index in [0.717, 1.165) is 5.56 Å². The van der Waals surface area contributed by atoms with E-state index in [1.807, 2.05) is 13.0 Å². The first-order chi connectivity index (χ1) is 9.02. The molecule has 0 aliphatic rings. The normalized spacial score (nSPS) is 9.58. The molecule has 0 fully saturated rings. The maximum absolute atomic E-state index is 11.7. The van der Waals surface area contributed by atoms with Crippen molar-refractivity contribution in [2.24, 2.45) is 0 Å².